The van der Waals surface area contributed by atoms with Gasteiger partial charge in [0.2, 0.25) is 0 Å². The first-order valence-electron chi connectivity index (χ1n) is 3.97. The summed E-state index contributed by atoms with van der Waals surface area (Å²) in [7, 11) is -1.32. The van der Waals surface area contributed by atoms with E-state index in [0.717, 1.165) is 10.7 Å². The summed E-state index contributed by atoms with van der Waals surface area (Å²) in [6.07, 6.45) is 0. The molecule has 0 saturated carbocycles. The lowest BCUT2D eigenvalue weighted by Gasteiger charge is -2.18. The molecular formula is C9H14ClNSi. The number of benzene rings is 1. The quantitative estimate of drug-likeness (QED) is 0.546. The van der Waals surface area contributed by atoms with Crippen LogP contribution in [0.2, 0.25) is 24.7 Å². The van der Waals surface area contributed by atoms with Crippen molar-refractivity contribution in [3.63, 3.8) is 0 Å². The summed E-state index contributed by atoms with van der Waals surface area (Å²) < 4.78 is 0. The summed E-state index contributed by atoms with van der Waals surface area (Å²) >= 11 is 5.89. The van der Waals surface area contributed by atoms with Gasteiger partial charge in [-0.2, -0.15) is 0 Å². The standard InChI is InChI=1S/C9H14ClNSi/c1-12(2,3)9-6-7(10)4-5-8(9)11/h4-6H,11H2,1-3H3. The Balaban J connectivity index is 3.23. The van der Waals surface area contributed by atoms with Gasteiger partial charge in [0.15, 0.2) is 0 Å². The highest BCUT2D eigenvalue weighted by Crippen LogP contribution is 2.14. The van der Waals surface area contributed by atoms with Gasteiger partial charge in [0.05, 0.1) is 8.07 Å². The Morgan fingerprint density at radius 2 is 1.83 bits per heavy atom. The second-order valence-corrected chi connectivity index (χ2v) is 9.46. The smallest absolute Gasteiger partial charge is 0.0803 e. The molecule has 0 atom stereocenters. The largest absolute Gasteiger partial charge is 0.399 e. The van der Waals surface area contributed by atoms with Gasteiger partial charge in [-0.05, 0) is 23.4 Å². The van der Waals surface area contributed by atoms with Crippen molar-refractivity contribution in [2.45, 2.75) is 19.6 Å². The van der Waals surface area contributed by atoms with Crippen LogP contribution in [0.15, 0.2) is 18.2 Å². The van der Waals surface area contributed by atoms with Gasteiger partial charge in [0, 0.05) is 10.7 Å². The maximum atomic E-state index is 5.89. The summed E-state index contributed by atoms with van der Waals surface area (Å²) in [5.41, 5.74) is 6.73. The van der Waals surface area contributed by atoms with Crippen LogP contribution in [-0.4, -0.2) is 8.07 Å². The summed E-state index contributed by atoms with van der Waals surface area (Å²) in [5, 5.41) is 2.02. The molecule has 1 aromatic carbocycles. The van der Waals surface area contributed by atoms with Crippen LogP contribution in [0, 0.1) is 0 Å². The average Bonchev–Trinajstić information content (AvgIpc) is 1.92. The molecule has 0 aromatic heterocycles. The van der Waals surface area contributed by atoms with Crippen molar-refractivity contribution in [3.05, 3.63) is 23.2 Å². The molecule has 1 nitrogen and oxygen atoms in total. The topological polar surface area (TPSA) is 26.0 Å². The molecule has 0 amide bonds. The van der Waals surface area contributed by atoms with Crippen LogP contribution in [0.3, 0.4) is 0 Å². The van der Waals surface area contributed by atoms with E-state index in [1.54, 1.807) is 0 Å². The molecule has 0 fully saturated rings. The van der Waals surface area contributed by atoms with Crippen molar-refractivity contribution in [1.82, 2.24) is 0 Å². The third-order valence-electron chi connectivity index (χ3n) is 1.82. The molecule has 0 unspecified atom stereocenters. The highest BCUT2D eigenvalue weighted by atomic mass is 35.5. The van der Waals surface area contributed by atoms with E-state index in [9.17, 15) is 0 Å². The molecule has 1 rings (SSSR count). The fraction of sp³-hybridized carbons (Fsp3) is 0.333. The third-order valence-corrected chi connectivity index (χ3v) is 4.11. The minimum absolute atomic E-state index is 0.779. The van der Waals surface area contributed by atoms with Crippen LogP contribution >= 0.6 is 11.6 Å². The molecule has 0 aliphatic rings. The summed E-state index contributed by atoms with van der Waals surface area (Å²) in [6.45, 7) is 6.78. The summed E-state index contributed by atoms with van der Waals surface area (Å²) in [6, 6.07) is 5.71. The molecule has 1 aromatic rings. The number of anilines is 1. The van der Waals surface area contributed by atoms with E-state index >= 15 is 0 Å². The second-order valence-electron chi connectivity index (χ2n) is 3.98. The fourth-order valence-corrected chi connectivity index (χ4v) is 2.98. The van der Waals surface area contributed by atoms with E-state index in [0.29, 0.717) is 0 Å². The van der Waals surface area contributed by atoms with Gasteiger partial charge in [0.1, 0.15) is 0 Å². The SMILES string of the molecule is C[Si](C)(C)c1cc(Cl)ccc1N. The average molecular weight is 200 g/mol. The van der Waals surface area contributed by atoms with E-state index in [4.69, 9.17) is 17.3 Å². The maximum absolute atomic E-state index is 5.89. The molecular weight excluding hydrogens is 186 g/mol. The first-order chi connectivity index (χ1) is 5.41. The van der Waals surface area contributed by atoms with Crippen LogP contribution in [-0.2, 0) is 0 Å². The fourth-order valence-electron chi connectivity index (χ4n) is 1.18. The van der Waals surface area contributed by atoms with Crippen LogP contribution in [0.4, 0.5) is 5.69 Å². The van der Waals surface area contributed by atoms with E-state index in [-0.39, 0.29) is 0 Å². The minimum Gasteiger partial charge on any atom is -0.399 e. The number of hydrogen-bond acceptors (Lipinski definition) is 1. The zero-order valence-corrected chi connectivity index (χ0v) is 9.44. The highest BCUT2D eigenvalue weighted by molar-refractivity contribution is 6.89. The van der Waals surface area contributed by atoms with Crippen molar-refractivity contribution in [1.29, 1.82) is 0 Å². The Morgan fingerprint density at radius 3 is 2.25 bits per heavy atom. The van der Waals surface area contributed by atoms with Crippen LogP contribution in [0.1, 0.15) is 0 Å². The lowest BCUT2D eigenvalue weighted by molar-refractivity contribution is 1.66. The molecule has 66 valence electrons. The van der Waals surface area contributed by atoms with Gasteiger partial charge < -0.3 is 5.73 Å². The van der Waals surface area contributed by atoms with Crippen molar-refractivity contribution in [2.75, 3.05) is 5.73 Å². The number of nitrogen functional groups attached to an aromatic ring is 1. The van der Waals surface area contributed by atoms with E-state index < -0.39 is 8.07 Å². The van der Waals surface area contributed by atoms with E-state index in [1.165, 1.54) is 5.19 Å². The summed E-state index contributed by atoms with van der Waals surface area (Å²) in [4.78, 5) is 0. The predicted molar refractivity (Wildman–Crippen MR) is 58.8 cm³/mol. The predicted octanol–water partition coefficient (Wildman–Crippen LogP) is 2.47. The third kappa shape index (κ3) is 2.02. The number of nitrogens with two attached hydrogens (primary N) is 1. The zero-order valence-electron chi connectivity index (χ0n) is 7.69. The second kappa shape index (κ2) is 3.11. The Labute approximate surface area is 79.6 Å². The molecule has 12 heavy (non-hydrogen) atoms. The molecule has 0 spiro atoms. The molecule has 0 saturated heterocycles. The van der Waals surface area contributed by atoms with Crippen molar-refractivity contribution in [3.8, 4) is 0 Å². The van der Waals surface area contributed by atoms with Crippen molar-refractivity contribution in [2.24, 2.45) is 0 Å². The van der Waals surface area contributed by atoms with Crippen LogP contribution in [0.25, 0.3) is 0 Å². The van der Waals surface area contributed by atoms with Gasteiger partial charge in [-0.1, -0.05) is 31.2 Å². The first kappa shape index (κ1) is 9.61. The van der Waals surface area contributed by atoms with E-state index in [1.807, 2.05) is 18.2 Å². The minimum atomic E-state index is -1.32. The Bertz CT molecular complexity index is 291. The van der Waals surface area contributed by atoms with Crippen molar-refractivity contribution < 1.29 is 0 Å². The van der Waals surface area contributed by atoms with E-state index in [2.05, 4.69) is 19.6 Å². The molecule has 0 radical (unpaired) electrons. The van der Waals surface area contributed by atoms with Crippen LogP contribution in [0.5, 0.6) is 0 Å². The Morgan fingerprint density at radius 1 is 1.25 bits per heavy atom. The molecule has 0 aliphatic heterocycles. The number of rotatable bonds is 1. The Hall–Kier alpha value is -0.473. The van der Waals surface area contributed by atoms with Gasteiger partial charge in [-0.3, -0.25) is 0 Å². The number of halogens is 1. The lowest BCUT2D eigenvalue weighted by atomic mass is 10.3. The molecule has 3 heteroatoms. The van der Waals surface area contributed by atoms with Crippen molar-refractivity contribution >= 4 is 30.5 Å². The van der Waals surface area contributed by atoms with Gasteiger partial charge in [-0.15, -0.1) is 0 Å². The molecule has 2 N–H and O–H groups in total. The van der Waals surface area contributed by atoms with Gasteiger partial charge in [-0.25, -0.2) is 0 Å². The molecule has 0 heterocycles. The van der Waals surface area contributed by atoms with Gasteiger partial charge in [0.25, 0.3) is 0 Å². The lowest BCUT2D eigenvalue weighted by Crippen LogP contribution is -2.39. The monoisotopic (exact) mass is 199 g/mol. The normalized spacial score (nSPS) is 11.7. The highest BCUT2D eigenvalue weighted by Gasteiger charge is 2.19. The van der Waals surface area contributed by atoms with Crippen LogP contribution < -0.4 is 10.9 Å². The first-order valence-corrected chi connectivity index (χ1v) is 7.84. The zero-order chi connectivity index (χ0) is 9.35. The number of hydrogen-bond donors (Lipinski definition) is 1. The molecule has 0 bridgehead atoms. The molecule has 0 aliphatic carbocycles. The summed E-state index contributed by atoms with van der Waals surface area (Å²) in [5.74, 6) is 0. The van der Waals surface area contributed by atoms with Gasteiger partial charge >= 0.3 is 0 Å². The Kier molecular flexibility index (Phi) is 2.49. The maximum Gasteiger partial charge on any atom is 0.0803 e.